The summed E-state index contributed by atoms with van der Waals surface area (Å²) in [5.74, 6) is -0.350. The van der Waals surface area contributed by atoms with Crippen LogP contribution < -0.4 is 0 Å². The largest absolute Gasteiger partial charge is 0.364 e. The zero-order valence-corrected chi connectivity index (χ0v) is 12.5. The van der Waals surface area contributed by atoms with Crippen molar-refractivity contribution in [3.63, 3.8) is 0 Å². The summed E-state index contributed by atoms with van der Waals surface area (Å²) in [6.45, 7) is 4.83. The molecule has 0 saturated carbocycles. The Morgan fingerprint density at radius 3 is 2.55 bits per heavy atom. The maximum Gasteiger partial charge on any atom is 0.357 e. The van der Waals surface area contributed by atoms with Gasteiger partial charge in [-0.05, 0) is 30.4 Å². The van der Waals surface area contributed by atoms with E-state index in [2.05, 4.69) is 13.8 Å². The number of carbonyl (C=O) groups excluding carboxylic acids is 2. The molecule has 0 unspecified atom stereocenters. The van der Waals surface area contributed by atoms with Crippen LogP contribution in [0.2, 0.25) is 0 Å². The molecule has 1 aromatic rings. The predicted octanol–water partition coefficient (Wildman–Crippen LogP) is 3.09. The highest BCUT2D eigenvalue weighted by atomic mass is 16.7. The highest BCUT2D eigenvalue weighted by Gasteiger charge is 2.22. The van der Waals surface area contributed by atoms with Gasteiger partial charge in [-0.25, -0.2) is 4.79 Å². The molecular formula is C16H23NO3. The van der Waals surface area contributed by atoms with Crippen molar-refractivity contribution in [3.05, 3.63) is 35.9 Å². The third-order valence-corrected chi connectivity index (χ3v) is 3.07. The van der Waals surface area contributed by atoms with Crippen molar-refractivity contribution < 1.29 is 14.4 Å². The van der Waals surface area contributed by atoms with Crippen LogP contribution >= 0.6 is 0 Å². The van der Waals surface area contributed by atoms with Gasteiger partial charge in [-0.2, -0.15) is 0 Å². The maximum absolute atomic E-state index is 11.9. The van der Waals surface area contributed by atoms with Gasteiger partial charge in [0.1, 0.15) is 6.29 Å². The van der Waals surface area contributed by atoms with Crippen molar-refractivity contribution >= 4 is 12.3 Å². The summed E-state index contributed by atoms with van der Waals surface area (Å²) in [5, 5.41) is 1.57. The number of benzene rings is 1. The minimum atomic E-state index is -0.350. The number of rotatable bonds is 8. The number of hydrogen-bond donors (Lipinski definition) is 0. The Balaban J connectivity index is 2.44. The van der Waals surface area contributed by atoms with Crippen LogP contribution in [-0.2, 0) is 9.63 Å². The number of hydroxylamine groups is 2. The average molecular weight is 277 g/mol. The highest BCUT2D eigenvalue weighted by Crippen LogP contribution is 2.24. The molecule has 0 amide bonds. The summed E-state index contributed by atoms with van der Waals surface area (Å²) in [5.41, 5.74) is 0.535. The van der Waals surface area contributed by atoms with Gasteiger partial charge in [-0.1, -0.05) is 32.0 Å². The molecule has 0 heterocycles. The monoisotopic (exact) mass is 277 g/mol. The smallest absolute Gasteiger partial charge is 0.357 e. The first-order chi connectivity index (χ1) is 9.44. The van der Waals surface area contributed by atoms with Crippen molar-refractivity contribution in [2.24, 2.45) is 5.41 Å². The van der Waals surface area contributed by atoms with Crippen LogP contribution in [0.3, 0.4) is 0 Å². The molecule has 0 N–H and O–H groups in total. The zero-order chi connectivity index (χ0) is 15.0. The van der Waals surface area contributed by atoms with Gasteiger partial charge in [0.25, 0.3) is 0 Å². The number of carbonyl (C=O) groups is 2. The second-order valence-electron chi connectivity index (χ2n) is 5.75. The van der Waals surface area contributed by atoms with Crippen LogP contribution in [0.25, 0.3) is 0 Å². The predicted molar refractivity (Wildman–Crippen MR) is 78.2 cm³/mol. The second-order valence-corrected chi connectivity index (χ2v) is 5.75. The van der Waals surface area contributed by atoms with Crippen molar-refractivity contribution in [1.29, 1.82) is 0 Å². The Hall–Kier alpha value is -1.68. The van der Waals surface area contributed by atoms with E-state index in [1.54, 1.807) is 36.4 Å². The maximum atomic E-state index is 11.9. The topological polar surface area (TPSA) is 46.6 Å². The summed E-state index contributed by atoms with van der Waals surface area (Å²) in [6.07, 6.45) is 3.29. The molecule has 20 heavy (non-hydrogen) atoms. The third-order valence-electron chi connectivity index (χ3n) is 3.07. The number of hydrogen-bond acceptors (Lipinski definition) is 4. The Labute approximate surface area is 120 Å². The molecule has 0 aromatic heterocycles. The lowest BCUT2D eigenvalue weighted by atomic mass is 9.87. The summed E-state index contributed by atoms with van der Waals surface area (Å²) >= 11 is 0. The van der Waals surface area contributed by atoms with E-state index in [0.717, 1.165) is 19.1 Å². The molecule has 0 aliphatic rings. The summed E-state index contributed by atoms with van der Waals surface area (Å²) in [4.78, 5) is 27.5. The molecule has 0 aliphatic heterocycles. The van der Waals surface area contributed by atoms with Crippen LogP contribution in [0, 0.1) is 5.41 Å². The SMILES string of the molecule is CN(CC(C)(C)CCCC=O)OC(=O)c1ccccc1. The van der Waals surface area contributed by atoms with Gasteiger partial charge in [0.2, 0.25) is 0 Å². The lowest BCUT2D eigenvalue weighted by Crippen LogP contribution is -2.33. The minimum absolute atomic E-state index is 0.00523. The molecule has 4 heteroatoms. The average Bonchev–Trinajstić information content (AvgIpc) is 2.39. The first kappa shape index (κ1) is 16.4. The van der Waals surface area contributed by atoms with Crippen molar-refractivity contribution in [1.82, 2.24) is 5.06 Å². The first-order valence-corrected chi connectivity index (χ1v) is 6.87. The highest BCUT2D eigenvalue weighted by molar-refractivity contribution is 5.89. The number of unbranched alkanes of at least 4 members (excludes halogenated alkanes) is 1. The molecule has 0 fully saturated rings. The van der Waals surface area contributed by atoms with Gasteiger partial charge in [-0.3, -0.25) is 0 Å². The number of nitrogens with zero attached hydrogens (tertiary/aromatic N) is 1. The third kappa shape index (κ3) is 5.97. The van der Waals surface area contributed by atoms with E-state index in [1.807, 2.05) is 6.07 Å². The van der Waals surface area contributed by atoms with Gasteiger partial charge in [0, 0.05) is 20.0 Å². The fourth-order valence-corrected chi connectivity index (χ4v) is 2.15. The molecule has 0 aliphatic carbocycles. The zero-order valence-electron chi connectivity index (χ0n) is 12.5. The molecule has 1 rings (SSSR count). The van der Waals surface area contributed by atoms with Crippen LogP contribution in [0.1, 0.15) is 43.5 Å². The van der Waals surface area contributed by atoms with Crippen LogP contribution in [0.4, 0.5) is 0 Å². The number of aldehydes is 1. The fourth-order valence-electron chi connectivity index (χ4n) is 2.15. The molecule has 0 spiro atoms. The van der Waals surface area contributed by atoms with Crippen molar-refractivity contribution in [3.8, 4) is 0 Å². The molecule has 1 aromatic carbocycles. The van der Waals surface area contributed by atoms with Gasteiger partial charge >= 0.3 is 5.97 Å². The Morgan fingerprint density at radius 1 is 1.30 bits per heavy atom. The summed E-state index contributed by atoms with van der Waals surface area (Å²) < 4.78 is 0. The fraction of sp³-hybridized carbons (Fsp3) is 0.500. The van der Waals surface area contributed by atoms with Crippen LogP contribution in [-0.4, -0.2) is 30.9 Å². The van der Waals surface area contributed by atoms with E-state index in [-0.39, 0.29) is 11.4 Å². The Morgan fingerprint density at radius 2 is 1.95 bits per heavy atom. The van der Waals surface area contributed by atoms with Gasteiger partial charge in [-0.15, -0.1) is 5.06 Å². The summed E-state index contributed by atoms with van der Waals surface area (Å²) in [6, 6.07) is 8.92. The quantitative estimate of drug-likeness (QED) is 0.416. The van der Waals surface area contributed by atoms with E-state index in [9.17, 15) is 9.59 Å². The van der Waals surface area contributed by atoms with Gasteiger partial charge in [0.05, 0.1) is 5.56 Å². The molecule has 0 saturated heterocycles. The van der Waals surface area contributed by atoms with E-state index < -0.39 is 0 Å². The standard InChI is InChI=1S/C16H23NO3/c1-16(2,11-7-8-12-18)13-17(3)20-15(19)14-9-5-4-6-10-14/h4-6,9-10,12H,7-8,11,13H2,1-3H3. The molecule has 0 radical (unpaired) electrons. The van der Waals surface area contributed by atoms with Gasteiger partial charge < -0.3 is 9.63 Å². The second kappa shape index (κ2) is 7.80. The van der Waals surface area contributed by atoms with E-state index in [4.69, 9.17) is 4.84 Å². The molecular weight excluding hydrogens is 254 g/mol. The Bertz CT molecular complexity index is 429. The van der Waals surface area contributed by atoms with Crippen LogP contribution in [0.15, 0.2) is 30.3 Å². The van der Waals surface area contributed by atoms with Crippen LogP contribution in [0.5, 0.6) is 0 Å². The lowest BCUT2D eigenvalue weighted by molar-refractivity contribution is -0.109. The Kier molecular flexibility index (Phi) is 6.39. The van der Waals surface area contributed by atoms with E-state index >= 15 is 0 Å². The molecule has 0 atom stereocenters. The molecule has 110 valence electrons. The van der Waals surface area contributed by atoms with E-state index in [0.29, 0.717) is 18.5 Å². The van der Waals surface area contributed by atoms with E-state index in [1.165, 1.54) is 0 Å². The summed E-state index contributed by atoms with van der Waals surface area (Å²) in [7, 11) is 1.75. The van der Waals surface area contributed by atoms with Crippen molar-refractivity contribution in [2.75, 3.05) is 13.6 Å². The normalized spacial score (nSPS) is 11.4. The van der Waals surface area contributed by atoms with Gasteiger partial charge in [0.15, 0.2) is 0 Å². The molecule has 0 bridgehead atoms. The first-order valence-electron chi connectivity index (χ1n) is 6.87. The minimum Gasteiger partial charge on any atom is -0.364 e. The molecule has 4 nitrogen and oxygen atoms in total. The van der Waals surface area contributed by atoms with Crippen molar-refractivity contribution in [2.45, 2.75) is 33.1 Å². The lowest BCUT2D eigenvalue weighted by Gasteiger charge is -2.29.